The van der Waals surface area contributed by atoms with E-state index in [1.54, 1.807) is 0 Å². The Balaban J connectivity index is 2.29. The van der Waals surface area contributed by atoms with E-state index < -0.39 is 22.4 Å². The Bertz CT molecular complexity index is 570. The van der Waals surface area contributed by atoms with Gasteiger partial charge in [-0.25, -0.2) is 12.8 Å². The Morgan fingerprint density at radius 2 is 2.05 bits per heavy atom. The molecule has 20 heavy (non-hydrogen) atoms. The summed E-state index contributed by atoms with van der Waals surface area (Å²) in [5.41, 5.74) is -0.0218. The van der Waals surface area contributed by atoms with Gasteiger partial charge in [0.1, 0.15) is 5.82 Å². The quantitative estimate of drug-likeness (QED) is 0.905. The number of halogens is 1. The van der Waals surface area contributed by atoms with E-state index in [9.17, 15) is 12.8 Å². The third-order valence-corrected chi connectivity index (χ3v) is 5.48. The number of aliphatic hydroxyl groups excluding tert-OH is 1. The van der Waals surface area contributed by atoms with Crippen molar-refractivity contribution >= 4 is 10.0 Å². The zero-order valence-corrected chi connectivity index (χ0v) is 12.1. The van der Waals surface area contributed by atoms with Gasteiger partial charge in [0.25, 0.3) is 0 Å². The minimum Gasteiger partial charge on any atom is -0.392 e. The molecule has 112 valence electrons. The second kappa shape index (κ2) is 6.17. The van der Waals surface area contributed by atoms with E-state index in [0.717, 1.165) is 6.07 Å². The van der Waals surface area contributed by atoms with Crippen molar-refractivity contribution < 1.29 is 22.7 Å². The van der Waals surface area contributed by atoms with Gasteiger partial charge >= 0.3 is 0 Å². The van der Waals surface area contributed by atoms with Crippen molar-refractivity contribution in [3.8, 4) is 0 Å². The first-order chi connectivity index (χ1) is 9.46. The molecular formula is C13H18FNO4S. The van der Waals surface area contributed by atoms with Gasteiger partial charge in [-0.1, -0.05) is 0 Å². The van der Waals surface area contributed by atoms with Crippen LogP contribution in [-0.2, 0) is 21.4 Å². The maximum atomic E-state index is 13.3. The molecule has 1 saturated heterocycles. The largest absolute Gasteiger partial charge is 0.392 e. The van der Waals surface area contributed by atoms with E-state index in [4.69, 9.17) is 9.84 Å². The van der Waals surface area contributed by atoms with Crippen LogP contribution in [0.1, 0.15) is 18.4 Å². The molecular weight excluding hydrogens is 285 g/mol. The Morgan fingerprint density at radius 1 is 1.40 bits per heavy atom. The lowest BCUT2D eigenvalue weighted by Gasteiger charge is -2.30. The molecule has 0 radical (unpaired) electrons. The van der Waals surface area contributed by atoms with E-state index >= 15 is 0 Å². The second-order valence-electron chi connectivity index (χ2n) is 4.78. The van der Waals surface area contributed by atoms with Gasteiger partial charge in [-0.3, -0.25) is 0 Å². The van der Waals surface area contributed by atoms with E-state index in [1.807, 2.05) is 0 Å². The first kappa shape index (κ1) is 15.4. The summed E-state index contributed by atoms with van der Waals surface area (Å²) in [4.78, 5) is -0.00283. The van der Waals surface area contributed by atoms with Gasteiger partial charge in [0.05, 0.1) is 11.5 Å². The van der Waals surface area contributed by atoms with E-state index in [-0.39, 0.29) is 16.5 Å². The average Bonchev–Trinajstić information content (AvgIpc) is 2.47. The Hall–Kier alpha value is -1.02. The number of ether oxygens (including phenoxy) is 1. The summed E-state index contributed by atoms with van der Waals surface area (Å²) in [5.74, 6) is -0.611. The van der Waals surface area contributed by atoms with Crippen LogP contribution in [0.5, 0.6) is 0 Å². The van der Waals surface area contributed by atoms with Gasteiger partial charge in [-0.2, -0.15) is 4.31 Å². The topological polar surface area (TPSA) is 66.8 Å². The predicted octanol–water partition coefficient (Wildman–Crippen LogP) is 1.12. The molecule has 1 aromatic rings. The van der Waals surface area contributed by atoms with Crippen molar-refractivity contribution in [2.24, 2.45) is 0 Å². The molecule has 1 aliphatic heterocycles. The first-order valence-electron chi connectivity index (χ1n) is 6.42. The number of rotatable bonds is 4. The minimum absolute atomic E-state index is 0.00283. The number of hydrogen-bond acceptors (Lipinski definition) is 4. The van der Waals surface area contributed by atoms with Crippen LogP contribution < -0.4 is 0 Å². The molecule has 2 rings (SSSR count). The molecule has 1 heterocycles. The van der Waals surface area contributed by atoms with Crippen LogP contribution in [0.4, 0.5) is 4.39 Å². The third kappa shape index (κ3) is 3.01. The maximum absolute atomic E-state index is 13.3. The predicted molar refractivity (Wildman–Crippen MR) is 71.1 cm³/mol. The van der Waals surface area contributed by atoms with E-state index in [0.29, 0.717) is 26.1 Å². The highest BCUT2D eigenvalue weighted by atomic mass is 32.2. The molecule has 1 fully saturated rings. The second-order valence-corrected chi connectivity index (χ2v) is 6.77. The molecule has 0 unspecified atom stereocenters. The van der Waals surface area contributed by atoms with Crippen LogP contribution in [0.3, 0.4) is 0 Å². The number of nitrogens with zero attached hydrogens (tertiary/aromatic N) is 1. The van der Waals surface area contributed by atoms with Crippen molar-refractivity contribution in [3.63, 3.8) is 0 Å². The summed E-state index contributed by atoms with van der Waals surface area (Å²) in [7, 11) is -2.17. The fourth-order valence-corrected chi connectivity index (χ4v) is 3.71. The zero-order chi connectivity index (χ0) is 14.8. The van der Waals surface area contributed by atoms with Crippen LogP contribution in [0, 0.1) is 5.82 Å². The van der Waals surface area contributed by atoms with E-state index in [1.165, 1.54) is 23.5 Å². The number of aliphatic hydroxyl groups is 1. The Kier molecular flexibility index (Phi) is 4.74. The summed E-state index contributed by atoms with van der Waals surface area (Å²) in [6.07, 6.45) is 1.29. The molecule has 0 aromatic heterocycles. The molecule has 7 heteroatoms. The summed E-state index contributed by atoms with van der Waals surface area (Å²) < 4.78 is 44.8. The molecule has 0 bridgehead atoms. The molecule has 0 spiro atoms. The molecule has 1 aromatic carbocycles. The summed E-state index contributed by atoms with van der Waals surface area (Å²) >= 11 is 0. The lowest BCUT2D eigenvalue weighted by atomic mass is 10.1. The van der Waals surface area contributed by atoms with Crippen LogP contribution in [-0.4, -0.2) is 44.1 Å². The normalized spacial score (nSPS) is 17.6. The molecule has 0 aliphatic carbocycles. The standard InChI is InChI=1S/C13H18FNO4S/c1-15(11-4-6-19-7-5-11)20(17,18)12-2-3-13(14)10(8-12)9-16/h2-3,8,11,16H,4-7,9H2,1H3. The highest BCUT2D eigenvalue weighted by Crippen LogP contribution is 2.23. The smallest absolute Gasteiger partial charge is 0.243 e. The molecule has 0 atom stereocenters. The van der Waals surface area contributed by atoms with Crippen molar-refractivity contribution in [1.82, 2.24) is 4.31 Å². The number of hydrogen-bond donors (Lipinski definition) is 1. The maximum Gasteiger partial charge on any atom is 0.243 e. The Labute approximate surface area is 118 Å². The van der Waals surface area contributed by atoms with Gasteiger partial charge < -0.3 is 9.84 Å². The summed E-state index contributed by atoms with van der Waals surface area (Å²) in [6.45, 7) is 0.543. The lowest BCUT2D eigenvalue weighted by Crippen LogP contribution is -2.40. The highest BCUT2D eigenvalue weighted by molar-refractivity contribution is 7.89. The first-order valence-corrected chi connectivity index (χ1v) is 7.86. The van der Waals surface area contributed by atoms with Crippen molar-refractivity contribution in [1.29, 1.82) is 0 Å². The van der Waals surface area contributed by atoms with Gasteiger partial charge in [0, 0.05) is 31.9 Å². The van der Waals surface area contributed by atoms with Crippen LogP contribution in [0.15, 0.2) is 23.1 Å². The van der Waals surface area contributed by atoms with Gasteiger partial charge in [0.2, 0.25) is 10.0 Å². The summed E-state index contributed by atoms with van der Waals surface area (Å²) in [6, 6.07) is 3.35. The van der Waals surface area contributed by atoms with Crippen LogP contribution in [0.2, 0.25) is 0 Å². The minimum atomic E-state index is -3.69. The van der Waals surface area contributed by atoms with Crippen molar-refractivity contribution in [3.05, 3.63) is 29.6 Å². The monoisotopic (exact) mass is 303 g/mol. The van der Waals surface area contributed by atoms with Crippen LogP contribution >= 0.6 is 0 Å². The lowest BCUT2D eigenvalue weighted by molar-refractivity contribution is 0.0632. The molecule has 1 N–H and O–H groups in total. The third-order valence-electron chi connectivity index (χ3n) is 3.57. The van der Waals surface area contributed by atoms with E-state index in [2.05, 4.69) is 0 Å². The molecule has 5 nitrogen and oxygen atoms in total. The fraction of sp³-hybridized carbons (Fsp3) is 0.538. The van der Waals surface area contributed by atoms with Crippen LogP contribution in [0.25, 0.3) is 0 Å². The fourth-order valence-electron chi connectivity index (χ4n) is 2.24. The average molecular weight is 303 g/mol. The van der Waals surface area contributed by atoms with Gasteiger partial charge in [-0.15, -0.1) is 0 Å². The highest BCUT2D eigenvalue weighted by Gasteiger charge is 2.29. The summed E-state index contributed by atoms with van der Waals surface area (Å²) in [5, 5.41) is 9.03. The molecule has 0 amide bonds. The molecule has 1 aliphatic rings. The number of sulfonamides is 1. The van der Waals surface area contributed by atoms with Crippen molar-refractivity contribution in [2.45, 2.75) is 30.4 Å². The SMILES string of the molecule is CN(C1CCOCC1)S(=O)(=O)c1ccc(F)c(CO)c1. The van der Waals surface area contributed by atoms with Gasteiger partial charge in [0.15, 0.2) is 0 Å². The van der Waals surface area contributed by atoms with Crippen molar-refractivity contribution in [2.75, 3.05) is 20.3 Å². The van der Waals surface area contributed by atoms with Gasteiger partial charge in [-0.05, 0) is 31.0 Å². The Morgan fingerprint density at radius 3 is 2.65 bits per heavy atom. The zero-order valence-electron chi connectivity index (χ0n) is 11.3. The number of benzene rings is 1. The molecule has 0 saturated carbocycles.